The van der Waals surface area contributed by atoms with Gasteiger partial charge < -0.3 is 44.1 Å². The summed E-state index contributed by atoms with van der Waals surface area (Å²) in [6.07, 6.45) is 5.99. The quantitative estimate of drug-likeness (QED) is 0.105. The van der Waals surface area contributed by atoms with E-state index in [-0.39, 0.29) is 32.0 Å². The molecule has 286 valence electrons. The fourth-order valence-corrected chi connectivity index (χ4v) is 7.16. The Labute approximate surface area is 322 Å². The van der Waals surface area contributed by atoms with Crippen molar-refractivity contribution in [1.29, 1.82) is 5.26 Å². The van der Waals surface area contributed by atoms with Gasteiger partial charge >= 0.3 is 0 Å². The van der Waals surface area contributed by atoms with Crippen molar-refractivity contribution in [2.75, 3.05) is 52.5 Å². The lowest BCUT2D eigenvalue weighted by atomic mass is 9.96. The topological polar surface area (TPSA) is 141 Å². The van der Waals surface area contributed by atoms with Gasteiger partial charge in [-0.15, -0.1) is 0 Å². The van der Waals surface area contributed by atoms with Crippen LogP contribution in [0.2, 0.25) is 5.02 Å². The van der Waals surface area contributed by atoms with E-state index in [1.54, 1.807) is 24.4 Å². The van der Waals surface area contributed by atoms with Gasteiger partial charge in [0.25, 0.3) is 0 Å². The summed E-state index contributed by atoms with van der Waals surface area (Å²) < 4.78 is 24.8. The minimum atomic E-state index is -0.271. The molecule has 0 aliphatic carbocycles. The molecule has 12 heteroatoms. The summed E-state index contributed by atoms with van der Waals surface area (Å²) in [7, 11) is 0. The first-order valence-electron chi connectivity index (χ1n) is 18.6. The zero-order valence-electron chi connectivity index (χ0n) is 30.8. The highest BCUT2D eigenvalue weighted by Gasteiger charge is 2.21. The molecular formula is C42H49ClN4O7. The molecule has 0 radical (unpaired) electrons. The fourth-order valence-electron chi connectivity index (χ4n) is 6.92. The summed E-state index contributed by atoms with van der Waals surface area (Å²) in [6.45, 7) is 8.28. The van der Waals surface area contributed by atoms with E-state index in [4.69, 9.17) is 30.5 Å². The summed E-state index contributed by atoms with van der Waals surface area (Å²) in [4.78, 5) is 8.63. The third-order valence-electron chi connectivity index (χ3n) is 9.89. The van der Waals surface area contributed by atoms with E-state index in [1.165, 1.54) is 6.20 Å². The van der Waals surface area contributed by atoms with Crippen molar-refractivity contribution in [3.63, 3.8) is 0 Å². The van der Waals surface area contributed by atoms with E-state index in [1.807, 2.05) is 30.3 Å². The minimum Gasteiger partial charge on any atom is -0.493 e. The van der Waals surface area contributed by atoms with E-state index < -0.39 is 0 Å². The molecule has 6 rings (SSSR count). The van der Waals surface area contributed by atoms with E-state index in [0.717, 1.165) is 104 Å². The van der Waals surface area contributed by atoms with Crippen molar-refractivity contribution < 1.29 is 34.3 Å². The van der Waals surface area contributed by atoms with Crippen molar-refractivity contribution >= 4 is 11.6 Å². The number of β-amino-alcohol motifs (C(OH)–C–C–N with tert-alkyl or cyclic N) is 2. The first-order valence-corrected chi connectivity index (χ1v) is 19.0. The average Bonchev–Trinajstić information content (AvgIpc) is 3.80. The van der Waals surface area contributed by atoms with Crippen LogP contribution in [0, 0.1) is 18.3 Å². The Morgan fingerprint density at radius 3 is 2.09 bits per heavy atom. The summed E-state index contributed by atoms with van der Waals surface area (Å²) >= 11 is 6.60. The van der Waals surface area contributed by atoms with Crippen LogP contribution in [0.5, 0.6) is 23.0 Å². The average molecular weight is 757 g/mol. The highest BCUT2D eigenvalue weighted by atomic mass is 35.5. The van der Waals surface area contributed by atoms with Gasteiger partial charge in [-0.1, -0.05) is 29.8 Å². The van der Waals surface area contributed by atoms with Crippen LogP contribution in [-0.2, 0) is 19.8 Å². The molecule has 0 bridgehead atoms. The number of ether oxygens (including phenoxy) is 4. The standard InChI is InChI=1S/C42H49ClN4O7/c1-29-32(28-54-42-20-41(34(26-48)18-40(42)43)53-27-31-15-30(21-44)22-45-23-31)5-2-6-39(29)33-16-37(51-13-3-9-46-11-7-35(49)24-46)19-38(17-33)52-14-4-10-47-12-8-36(50)25-47/h2,5-6,15-20,22-23,35-36,48-50H,3-4,7-14,24-28H2,1H3. The smallest absolute Gasteiger partial charge is 0.142 e. The Morgan fingerprint density at radius 1 is 0.815 bits per heavy atom. The predicted octanol–water partition coefficient (Wildman–Crippen LogP) is 5.90. The third-order valence-corrected chi connectivity index (χ3v) is 10.2. The van der Waals surface area contributed by atoms with Gasteiger partial charge in [-0.25, -0.2) is 0 Å². The molecule has 3 aromatic carbocycles. The summed E-state index contributed by atoms with van der Waals surface area (Å²) in [5, 5.41) is 39.3. The molecule has 0 spiro atoms. The molecule has 2 aliphatic heterocycles. The number of likely N-dealkylation sites (tertiary alicyclic amines) is 2. The predicted molar refractivity (Wildman–Crippen MR) is 206 cm³/mol. The molecule has 54 heavy (non-hydrogen) atoms. The molecule has 0 amide bonds. The van der Waals surface area contributed by atoms with Gasteiger partial charge in [0.05, 0.1) is 42.6 Å². The van der Waals surface area contributed by atoms with Gasteiger partial charge in [-0.05, 0) is 79.1 Å². The molecule has 11 nitrogen and oxygen atoms in total. The van der Waals surface area contributed by atoms with Crippen molar-refractivity contribution in [2.24, 2.45) is 0 Å². The molecule has 3 N–H and O–H groups in total. The number of pyridine rings is 1. The van der Waals surface area contributed by atoms with Gasteiger partial charge in [-0.3, -0.25) is 4.98 Å². The number of benzene rings is 3. The number of nitrogens with zero attached hydrogens (tertiary/aromatic N) is 4. The van der Waals surface area contributed by atoms with Crippen LogP contribution in [0.15, 0.2) is 67.0 Å². The van der Waals surface area contributed by atoms with Crippen LogP contribution in [0.3, 0.4) is 0 Å². The molecule has 4 aromatic rings. The largest absolute Gasteiger partial charge is 0.493 e. The number of aromatic nitrogens is 1. The maximum absolute atomic E-state index is 9.99. The van der Waals surface area contributed by atoms with Gasteiger partial charge in [0.15, 0.2) is 0 Å². The second kappa shape index (κ2) is 19.3. The zero-order chi connectivity index (χ0) is 37.9. The Bertz CT molecular complexity index is 1860. The summed E-state index contributed by atoms with van der Waals surface area (Å²) in [5.74, 6) is 2.29. The monoisotopic (exact) mass is 756 g/mol. The number of aliphatic hydroxyl groups is 3. The van der Waals surface area contributed by atoms with Crippen molar-refractivity contribution in [1.82, 2.24) is 14.8 Å². The molecule has 2 fully saturated rings. The van der Waals surface area contributed by atoms with Crippen molar-refractivity contribution in [2.45, 2.75) is 64.6 Å². The SMILES string of the molecule is Cc1c(COc2cc(OCc3cncc(C#N)c3)c(CO)cc2Cl)cccc1-c1cc(OCCCN2CCC(O)C2)cc(OCCCN2CCC(O)C2)c1. The Kier molecular flexibility index (Phi) is 14.0. The second-order valence-electron chi connectivity index (χ2n) is 14.0. The molecule has 1 aromatic heterocycles. The Hall–Kier alpha value is -4.41. The van der Waals surface area contributed by atoms with Gasteiger partial charge in [-0.2, -0.15) is 5.26 Å². The van der Waals surface area contributed by atoms with Crippen molar-refractivity contribution in [3.8, 4) is 40.2 Å². The van der Waals surface area contributed by atoms with E-state index in [0.29, 0.717) is 40.9 Å². The molecule has 2 aliphatic rings. The number of rotatable bonds is 18. The van der Waals surface area contributed by atoms with E-state index in [9.17, 15) is 20.6 Å². The van der Waals surface area contributed by atoms with Crippen LogP contribution < -0.4 is 18.9 Å². The molecular weight excluding hydrogens is 708 g/mol. The van der Waals surface area contributed by atoms with Crippen LogP contribution in [-0.4, -0.2) is 94.8 Å². The number of aliphatic hydroxyl groups excluding tert-OH is 3. The summed E-state index contributed by atoms with van der Waals surface area (Å²) in [6, 6.07) is 19.2. The van der Waals surface area contributed by atoms with Crippen LogP contribution in [0.4, 0.5) is 0 Å². The van der Waals surface area contributed by atoms with Gasteiger partial charge in [0.1, 0.15) is 42.3 Å². The Balaban J connectivity index is 1.15. The minimum absolute atomic E-state index is 0.150. The number of hydrogen-bond donors (Lipinski definition) is 3. The van der Waals surface area contributed by atoms with Crippen LogP contribution >= 0.6 is 11.6 Å². The van der Waals surface area contributed by atoms with Crippen LogP contribution in [0.25, 0.3) is 11.1 Å². The number of hydrogen-bond acceptors (Lipinski definition) is 11. The van der Waals surface area contributed by atoms with Crippen LogP contribution in [0.1, 0.15) is 53.5 Å². The molecule has 3 heterocycles. The first kappa shape index (κ1) is 39.3. The zero-order valence-corrected chi connectivity index (χ0v) is 31.5. The first-order chi connectivity index (χ1) is 26.3. The lowest BCUT2D eigenvalue weighted by molar-refractivity contribution is 0.173. The highest BCUT2D eigenvalue weighted by Crippen LogP contribution is 2.36. The van der Waals surface area contributed by atoms with E-state index >= 15 is 0 Å². The highest BCUT2D eigenvalue weighted by molar-refractivity contribution is 6.32. The third kappa shape index (κ3) is 10.8. The number of nitriles is 1. The molecule has 2 atom stereocenters. The maximum Gasteiger partial charge on any atom is 0.142 e. The van der Waals surface area contributed by atoms with Crippen molar-refractivity contribution in [3.05, 3.63) is 99.8 Å². The lowest BCUT2D eigenvalue weighted by Crippen LogP contribution is -2.24. The summed E-state index contributed by atoms with van der Waals surface area (Å²) in [5.41, 5.74) is 5.64. The Morgan fingerprint density at radius 2 is 1.48 bits per heavy atom. The lowest BCUT2D eigenvalue weighted by Gasteiger charge is -2.18. The second-order valence-corrected chi connectivity index (χ2v) is 14.4. The molecule has 0 saturated carbocycles. The van der Waals surface area contributed by atoms with Gasteiger partial charge in [0, 0.05) is 74.9 Å². The van der Waals surface area contributed by atoms with Gasteiger partial charge in [0.2, 0.25) is 0 Å². The molecule has 2 unspecified atom stereocenters. The normalized spacial score (nSPS) is 17.4. The fraction of sp³-hybridized carbons (Fsp3) is 0.429. The number of halogens is 1. The molecule has 2 saturated heterocycles. The maximum atomic E-state index is 9.99. The van der Waals surface area contributed by atoms with E-state index in [2.05, 4.69) is 33.8 Å².